The van der Waals surface area contributed by atoms with Crippen molar-refractivity contribution < 1.29 is 27.5 Å². The van der Waals surface area contributed by atoms with Crippen LogP contribution >= 0.6 is 0 Å². The SMILES string of the molecule is Cc1ccc(-c2nn(-c3ccccc3)cc2COC(=O)[C@H](C)NC(=O)CC(F)(F)F)cc1C. The number of nitrogens with one attached hydrogen (secondary N) is 1. The highest BCUT2D eigenvalue weighted by atomic mass is 19.4. The fraction of sp³-hybridized carbons (Fsp3) is 0.292. The first-order valence-electron chi connectivity index (χ1n) is 10.3. The van der Waals surface area contributed by atoms with Crippen molar-refractivity contribution in [2.45, 2.75) is 46.0 Å². The van der Waals surface area contributed by atoms with E-state index in [1.54, 1.807) is 10.9 Å². The van der Waals surface area contributed by atoms with E-state index in [9.17, 15) is 22.8 Å². The maximum atomic E-state index is 12.3. The lowest BCUT2D eigenvalue weighted by Crippen LogP contribution is -2.41. The third-order valence-electron chi connectivity index (χ3n) is 5.05. The van der Waals surface area contributed by atoms with Gasteiger partial charge in [0.2, 0.25) is 5.91 Å². The molecule has 6 nitrogen and oxygen atoms in total. The number of aryl methyl sites for hydroxylation is 2. The molecule has 1 N–H and O–H groups in total. The van der Waals surface area contributed by atoms with Crippen LogP contribution in [0, 0.1) is 13.8 Å². The Labute approximate surface area is 189 Å². The van der Waals surface area contributed by atoms with Crippen LogP contribution in [0.1, 0.15) is 30.0 Å². The molecule has 0 fully saturated rings. The van der Waals surface area contributed by atoms with Crippen molar-refractivity contribution in [1.82, 2.24) is 15.1 Å². The molecular formula is C24H24F3N3O3. The fourth-order valence-corrected chi connectivity index (χ4v) is 3.17. The summed E-state index contributed by atoms with van der Waals surface area (Å²) in [5.74, 6) is -2.14. The third-order valence-corrected chi connectivity index (χ3v) is 5.05. The van der Waals surface area contributed by atoms with Gasteiger partial charge in [0, 0.05) is 17.3 Å². The monoisotopic (exact) mass is 459 g/mol. The molecule has 3 rings (SSSR count). The summed E-state index contributed by atoms with van der Waals surface area (Å²) in [5.41, 5.74) is 5.08. The highest BCUT2D eigenvalue weighted by Gasteiger charge is 2.32. The maximum Gasteiger partial charge on any atom is 0.397 e. The van der Waals surface area contributed by atoms with E-state index in [0.29, 0.717) is 11.3 Å². The summed E-state index contributed by atoms with van der Waals surface area (Å²) < 4.78 is 44.0. The van der Waals surface area contributed by atoms with Crippen LogP contribution in [0.5, 0.6) is 0 Å². The molecule has 174 valence electrons. The van der Waals surface area contributed by atoms with Crippen molar-refractivity contribution in [3.63, 3.8) is 0 Å². The quantitative estimate of drug-likeness (QED) is 0.522. The van der Waals surface area contributed by atoms with Crippen LogP contribution in [0.3, 0.4) is 0 Å². The Morgan fingerprint density at radius 1 is 1.09 bits per heavy atom. The minimum absolute atomic E-state index is 0.159. The van der Waals surface area contributed by atoms with Gasteiger partial charge in [-0.2, -0.15) is 18.3 Å². The molecule has 1 amide bonds. The van der Waals surface area contributed by atoms with Crippen molar-refractivity contribution >= 4 is 11.9 Å². The van der Waals surface area contributed by atoms with Crippen molar-refractivity contribution in [2.24, 2.45) is 0 Å². The largest absolute Gasteiger partial charge is 0.459 e. The highest BCUT2D eigenvalue weighted by molar-refractivity contribution is 5.84. The average molecular weight is 459 g/mol. The Morgan fingerprint density at radius 3 is 2.42 bits per heavy atom. The molecule has 0 radical (unpaired) electrons. The number of halogens is 3. The molecule has 1 heterocycles. The summed E-state index contributed by atoms with van der Waals surface area (Å²) in [4.78, 5) is 23.7. The molecule has 0 bridgehead atoms. The molecule has 1 aromatic heterocycles. The first-order chi connectivity index (χ1) is 15.5. The highest BCUT2D eigenvalue weighted by Crippen LogP contribution is 2.26. The zero-order valence-corrected chi connectivity index (χ0v) is 18.4. The molecule has 0 aliphatic heterocycles. The Morgan fingerprint density at radius 2 is 1.79 bits per heavy atom. The van der Waals surface area contributed by atoms with Gasteiger partial charge in [-0.15, -0.1) is 0 Å². The molecule has 0 aliphatic rings. The van der Waals surface area contributed by atoms with Gasteiger partial charge < -0.3 is 10.1 Å². The van der Waals surface area contributed by atoms with Crippen LogP contribution in [-0.4, -0.2) is 33.9 Å². The van der Waals surface area contributed by atoms with Crippen molar-refractivity contribution in [1.29, 1.82) is 0 Å². The molecule has 33 heavy (non-hydrogen) atoms. The van der Waals surface area contributed by atoms with Crippen molar-refractivity contribution in [3.05, 3.63) is 71.4 Å². The standard InChI is InChI=1S/C24H24F3N3O3/c1-15-9-10-18(11-16(15)2)22-19(13-30(29-22)20-7-5-4-6-8-20)14-33-23(32)17(3)28-21(31)12-24(25,26)27/h4-11,13,17H,12,14H2,1-3H3,(H,28,31)/t17-/m0/s1. The molecular weight excluding hydrogens is 435 g/mol. The van der Waals surface area contributed by atoms with Gasteiger partial charge in [-0.25, -0.2) is 9.48 Å². The lowest BCUT2D eigenvalue weighted by atomic mass is 10.0. The van der Waals surface area contributed by atoms with Crippen molar-refractivity contribution in [2.75, 3.05) is 0 Å². The second kappa shape index (κ2) is 9.89. The molecule has 0 spiro atoms. The Hall–Kier alpha value is -3.62. The molecule has 9 heteroatoms. The van der Waals surface area contributed by atoms with E-state index in [2.05, 4.69) is 5.10 Å². The molecule has 0 unspecified atom stereocenters. The number of amides is 1. The topological polar surface area (TPSA) is 73.2 Å². The molecule has 2 aromatic carbocycles. The van der Waals surface area contributed by atoms with Crippen LogP contribution in [0.25, 0.3) is 16.9 Å². The minimum Gasteiger partial charge on any atom is -0.459 e. The van der Waals surface area contributed by atoms with E-state index < -0.39 is 30.5 Å². The van der Waals surface area contributed by atoms with Gasteiger partial charge in [0.05, 0.1) is 11.4 Å². The Kier molecular flexibility index (Phi) is 7.20. The number of carbonyl (C=O) groups excluding carboxylic acids is 2. The smallest absolute Gasteiger partial charge is 0.397 e. The summed E-state index contributed by atoms with van der Waals surface area (Å²) in [6.45, 7) is 5.10. The second-order valence-electron chi connectivity index (χ2n) is 7.77. The van der Waals surface area contributed by atoms with E-state index in [4.69, 9.17) is 4.74 Å². The number of aromatic nitrogens is 2. The number of esters is 1. The summed E-state index contributed by atoms with van der Waals surface area (Å²) >= 11 is 0. The summed E-state index contributed by atoms with van der Waals surface area (Å²) in [6, 6.07) is 14.0. The Balaban J connectivity index is 1.79. The van der Waals surface area contributed by atoms with Crippen LogP contribution in [0.4, 0.5) is 13.2 Å². The fourth-order valence-electron chi connectivity index (χ4n) is 3.17. The summed E-state index contributed by atoms with van der Waals surface area (Å²) in [5, 5.41) is 6.67. The van der Waals surface area contributed by atoms with Crippen LogP contribution < -0.4 is 5.32 Å². The van der Waals surface area contributed by atoms with Gasteiger partial charge in [-0.1, -0.05) is 30.3 Å². The second-order valence-corrected chi connectivity index (χ2v) is 7.77. The predicted molar refractivity (Wildman–Crippen MR) is 117 cm³/mol. The Bertz CT molecular complexity index is 1140. The lowest BCUT2D eigenvalue weighted by molar-refractivity contribution is -0.158. The maximum absolute atomic E-state index is 12.3. The molecule has 0 saturated carbocycles. The van der Waals surface area contributed by atoms with E-state index in [-0.39, 0.29) is 6.61 Å². The number of nitrogens with zero attached hydrogens (tertiary/aromatic N) is 2. The predicted octanol–water partition coefficient (Wildman–Crippen LogP) is 4.66. The molecule has 0 aliphatic carbocycles. The molecule has 3 aromatic rings. The average Bonchev–Trinajstić information content (AvgIpc) is 3.17. The zero-order chi connectivity index (χ0) is 24.2. The molecule has 0 saturated heterocycles. The summed E-state index contributed by atoms with van der Waals surface area (Å²) in [7, 11) is 0. The number of para-hydroxylation sites is 1. The zero-order valence-electron chi connectivity index (χ0n) is 18.4. The summed E-state index contributed by atoms with van der Waals surface area (Å²) in [6.07, 6.45) is -4.58. The van der Waals surface area contributed by atoms with Gasteiger partial charge in [-0.05, 0) is 50.1 Å². The van der Waals surface area contributed by atoms with Crippen LogP contribution in [0.2, 0.25) is 0 Å². The van der Waals surface area contributed by atoms with E-state index in [1.165, 1.54) is 6.92 Å². The van der Waals surface area contributed by atoms with Gasteiger partial charge in [0.1, 0.15) is 19.1 Å². The van der Waals surface area contributed by atoms with Crippen LogP contribution in [0.15, 0.2) is 54.7 Å². The number of alkyl halides is 3. The van der Waals surface area contributed by atoms with E-state index in [0.717, 1.165) is 22.4 Å². The first kappa shape index (κ1) is 24.0. The van der Waals surface area contributed by atoms with Gasteiger partial charge >= 0.3 is 12.1 Å². The third kappa shape index (κ3) is 6.44. The number of hydrogen-bond donors (Lipinski definition) is 1. The van der Waals surface area contributed by atoms with Gasteiger partial charge in [0.25, 0.3) is 0 Å². The minimum atomic E-state index is -4.65. The normalized spacial score (nSPS) is 12.3. The number of carbonyl (C=O) groups is 2. The van der Waals surface area contributed by atoms with Gasteiger partial charge in [-0.3, -0.25) is 4.79 Å². The number of benzene rings is 2. The number of ether oxygens (including phenoxy) is 1. The number of hydrogen-bond acceptors (Lipinski definition) is 4. The molecule has 1 atom stereocenters. The van der Waals surface area contributed by atoms with Gasteiger partial charge in [0.15, 0.2) is 0 Å². The van der Waals surface area contributed by atoms with Crippen molar-refractivity contribution in [3.8, 4) is 16.9 Å². The number of rotatable bonds is 7. The first-order valence-corrected chi connectivity index (χ1v) is 10.3. The lowest BCUT2D eigenvalue weighted by Gasteiger charge is -2.14. The van der Waals surface area contributed by atoms with E-state index in [1.807, 2.05) is 67.7 Å². The van der Waals surface area contributed by atoms with E-state index >= 15 is 0 Å². The van der Waals surface area contributed by atoms with Crippen LogP contribution in [-0.2, 0) is 20.9 Å².